The van der Waals surface area contributed by atoms with Crippen molar-refractivity contribution in [2.45, 2.75) is 58.5 Å². The molecule has 3 atom stereocenters. The van der Waals surface area contributed by atoms with Gasteiger partial charge in [0.2, 0.25) is 0 Å². The lowest BCUT2D eigenvalue weighted by Crippen LogP contribution is -2.29. The summed E-state index contributed by atoms with van der Waals surface area (Å²) in [4.78, 5) is 0. The highest BCUT2D eigenvalue weighted by Crippen LogP contribution is 2.38. The Morgan fingerprint density at radius 3 is 2.78 bits per heavy atom. The van der Waals surface area contributed by atoms with Crippen LogP contribution in [0, 0.1) is 11.8 Å². The van der Waals surface area contributed by atoms with Crippen LogP contribution in [0.2, 0.25) is 0 Å². The van der Waals surface area contributed by atoms with Crippen molar-refractivity contribution in [2.24, 2.45) is 17.6 Å². The van der Waals surface area contributed by atoms with E-state index in [4.69, 9.17) is 5.73 Å². The second-order valence-electron chi connectivity index (χ2n) is 5.97. The van der Waals surface area contributed by atoms with Crippen molar-refractivity contribution in [3.63, 3.8) is 0 Å². The summed E-state index contributed by atoms with van der Waals surface area (Å²) in [6, 6.07) is 0.463. The van der Waals surface area contributed by atoms with Crippen LogP contribution in [-0.4, -0.2) is 9.78 Å². The zero-order valence-electron chi connectivity index (χ0n) is 11.6. The van der Waals surface area contributed by atoms with Crippen molar-refractivity contribution >= 4 is 15.9 Å². The van der Waals surface area contributed by atoms with Crippen LogP contribution in [0.25, 0.3) is 0 Å². The molecule has 4 heteroatoms. The topological polar surface area (TPSA) is 43.8 Å². The number of nitrogens with two attached hydrogens (primary N) is 1. The van der Waals surface area contributed by atoms with Crippen molar-refractivity contribution in [2.75, 3.05) is 0 Å². The fourth-order valence-electron chi connectivity index (χ4n) is 3.10. The molecule has 18 heavy (non-hydrogen) atoms. The highest BCUT2D eigenvalue weighted by atomic mass is 79.9. The summed E-state index contributed by atoms with van der Waals surface area (Å²) in [5.41, 5.74) is 7.70. The van der Waals surface area contributed by atoms with E-state index >= 15 is 0 Å². The summed E-state index contributed by atoms with van der Waals surface area (Å²) in [7, 11) is 0. The molecule has 1 aliphatic carbocycles. The van der Waals surface area contributed by atoms with Gasteiger partial charge in [0.25, 0.3) is 0 Å². The van der Waals surface area contributed by atoms with Gasteiger partial charge in [0.15, 0.2) is 0 Å². The molecule has 1 fully saturated rings. The van der Waals surface area contributed by atoms with Crippen LogP contribution in [0.3, 0.4) is 0 Å². The second kappa shape index (κ2) is 5.74. The Hall–Kier alpha value is -0.350. The Kier molecular flexibility index (Phi) is 4.49. The van der Waals surface area contributed by atoms with Gasteiger partial charge in [-0.2, -0.15) is 5.10 Å². The van der Waals surface area contributed by atoms with Crippen LogP contribution in [0.15, 0.2) is 10.7 Å². The summed E-state index contributed by atoms with van der Waals surface area (Å²) in [5.74, 6) is 1.41. The molecule has 2 rings (SSSR count). The van der Waals surface area contributed by atoms with Crippen LogP contribution in [0.4, 0.5) is 0 Å². The average molecular weight is 314 g/mol. The molecule has 0 saturated heterocycles. The minimum Gasteiger partial charge on any atom is -0.322 e. The maximum atomic E-state index is 6.52. The van der Waals surface area contributed by atoms with E-state index in [0.29, 0.717) is 12.0 Å². The minimum atomic E-state index is 0.104. The van der Waals surface area contributed by atoms with Crippen molar-refractivity contribution < 1.29 is 0 Å². The minimum absolute atomic E-state index is 0.104. The van der Waals surface area contributed by atoms with Gasteiger partial charge in [0.05, 0.1) is 22.4 Å². The first-order valence-corrected chi connectivity index (χ1v) is 7.78. The molecule has 0 amide bonds. The third-order valence-electron chi connectivity index (χ3n) is 4.08. The van der Waals surface area contributed by atoms with E-state index in [1.54, 1.807) is 0 Å². The van der Waals surface area contributed by atoms with Crippen molar-refractivity contribution in [3.8, 4) is 0 Å². The first-order chi connectivity index (χ1) is 8.50. The normalized spacial score (nSPS) is 26.6. The van der Waals surface area contributed by atoms with E-state index in [1.807, 2.05) is 6.20 Å². The molecule has 0 radical (unpaired) electrons. The summed E-state index contributed by atoms with van der Waals surface area (Å²) in [5, 5.41) is 4.44. The molecule has 0 bridgehead atoms. The smallest absolute Gasteiger partial charge is 0.0699 e. The molecule has 0 spiro atoms. The molecule has 1 aromatic heterocycles. The lowest BCUT2D eigenvalue weighted by Gasteiger charge is -2.32. The van der Waals surface area contributed by atoms with Gasteiger partial charge in [-0.25, -0.2) is 0 Å². The number of aromatic nitrogens is 2. The predicted molar refractivity (Wildman–Crippen MR) is 78.4 cm³/mol. The van der Waals surface area contributed by atoms with E-state index in [1.165, 1.54) is 31.4 Å². The molecule has 1 aromatic rings. The van der Waals surface area contributed by atoms with E-state index in [-0.39, 0.29) is 6.04 Å². The number of hydrogen-bond donors (Lipinski definition) is 1. The lowest BCUT2D eigenvalue weighted by molar-refractivity contribution is 0.240. The number of rotatable bonds is 3. The highest BCUT2D eigenvalue weighted by molar-refractivity contribution is 9.10. The molecule has 3 nitrogen and oxygen atoms in total. The zero-order valence-corrected chi connectivity index (χ0v) is 13.2. The van der Waals surface area contributed by atoms with Crippen LogP contribution in [0.1, 0.15) is 64.2 Å². The van der Waals surface area contributed by atoms with Crippen molar-refractivity contribution in [1.82, 2.24) is 9.78 Å². The summed E-state index contributed by atoms with van der Waals surface area (Å²) in [6.07, 6.45) is 7.04. The van der Waals surface area contributed by atoms with Crippen LogP contribution in [-0.2, 0) is 0 Å². The SMILES string of the molecule is CC1CCCC(C(N)c2c(Br)cnn2C(C)C)C1. The van der Waals surface area contributed by atoms with E-state index in [2.05, 4.69) is 46.5 Å². The van der Waals surface area contributed by atoms with Gasteiger partial charge in [0.1, 0.15) is 0 Å². The first kappa shape index (κ1) is 14.1. The quantitative estimate of drug-likeness (QED) is 0.914. The van der Waals surface area contributed by atoms with E-state index in [0.717, 1.165) is 10.4 Å². The predicted octanol–water partition coefficient (Wildman–Crippen LogP) is 4.05. The fraction of sp³-hybridized carbons (Fsp3) is 0.786. The molecule has 1 aliphatic rings. The number of nitrogens with zero attached hydrogens (tertiary/aromatic N) is 2. The summed E-state index contributed by atoms with van der Waals surface area (Å²) >= 11 is 3.60. The van der Waals surface area contributed by atoms with Gasteiger partial charge in [0, 0.05) is 6.04 Å². The fourth-order valence-corrected chi connectivity index (χ4v) is 3.64. The summed E-state index contributed by atoms with van der Waals surface area (Å²) < 4.78 is 3.12. The Labute approximate surface area is 118 Å². The number of halogens is 1. The van der Waals surface area contributed by atoms with Gasteiger partial charge >= 0.3 is 0 Å². The zero-order chi connectivity index (χ0) is 13.3. The summed E-state index contributed by atoms with van der Waals surface area (Å²) in [6.45, 7) is 6.64. The van der Waals surface area contributed by atoms with Gasteiger partial charge in [-0.3, -0.25) is 4.68 Å². The molecule has 0 aliphatic heterocycles. The highest BCUT2D eigenvalue weighted by Gasteiger charge is 2.29. The second-order valence-corrected chi connectivity index (χ2v) is 6.83. The van der Waals surface area contributed by atoms with E-state index < -0.39 is 0 Å². The molecule has 2 N–H and O–H groups in total. The van der Waals surface area contributed by atoms with Crippen molar-refractivity contribution in [3.05, 3.63) is 16.4 Å². The Balaban J connectivity index is 2.22. The Morgan fingerprint density at radius 2 is 2.17 bits per heavy atom. The van der Waals surface area contributed by atoms with Crippen LogP contribution < -0.4 is 5.73 Å². The lowest BCUT2D eigenvalue weighted by atomic mass is 9.78. The molecular weight excluding hydrogens is 290 g/mol. The average Bonchev–Trinajstić information content (AvgIpc) is 2.70. The Bertz CT molecular complexity index is 400. The monoisotopic (exact) mass is 313 g/mol. The molecule has 102 valence electrons. The molecule has 3 unspecified atom stereocenters. The van der Waals surface area contributed by atoms with Crippen LogP contribution >= 0.6 is 15.9 Å². The molecule has 1 saturated carbocycles. The van der Waals surface area contributed by atoms with Crippen LogP contribution in [0.5, 0.6) is 0 Å². The number of hydrogen-bond acceptors (Lipinski definition) is 2. The molecule has 1 heterocycles. The van der Waals surface area contributed by atoms with Gasteiger partial charge < -0.3 is 5.73 Å². The van der Waals surface area contributed by atoms with Gasteiger partial charge in [-0.05, 0) is 54.5 Å². The Morgan fingerprint density at radius 1 is 1.44 bits per heavy atom. The third kappa shape index (κ3) is 2.80. The van der Waals surface area contributed by atoms with Gasteiger partial charge in [-0.1, -0.05) is 19.8 Å². The maximum Gasteiger partial charge on any atom is 0.0699 e. The standard InChI is InChI=1S/C14H24BrN3/c1-9(2)18-14(12(15)8-17-18)13(16)11-6-4-5-10(3)7-11/h8-11,13H,4-7,16H2,1-3H3. The van der Waals surface area contributed by atoms with E-state index in [9.17, 15) is 0 Å². The van der Waals surface area contributed by atoms with Crippen molar-refractivity contribution in [1.29, 1.82) is 0 Å². The maximum absolute atomic E-state index is 6.52. The van der Waals surface area contributed by atoms with Gasteiger partial charge in [-0.15, -0.1) is 0 Å². The molecule has 0 aromatic carbocycles. The molecular formula is C14H24BrN3. The largest absolute Gasteiger partial charge is 0.322 e. The third-order valence-corrected chi connectivity index (χ3v) is 4.69. The first-order valence-electron chi connectivity index (χ1n) is 6.99.